The first-order valence-corrected chi connectivity index (χ1v) is 7.50. The van der Waals surface area contributed by atoms with Crippen molar-refractivity contribution in [2.24, 2.45) is 10.8 Å². The maximum Gasteiger partial charge on any atom is 0.237 e. The molecule has 8 nitrogen and oxygen atoms in total. The van der Waals surface area contributed by atoms with Gasteiger partial charge >= 0.3 is 0 Å². The van der Waals surface area contributed by atoms with Gasteiger partial charge in [-0.25, -0.2) is 8.42 Å². The van der Waals surface area contributed by atoms with Crippen LogP contribution in [-0.2, 0) is 14.6 Å². The van der Waals surface area contributed by atoms with Crippen molar-refractivity contribution in [1.29, 1.82) is 0 Å². The van der Waals surface area contributed by atoms with Crippen LogP contribution in [0.3, 0.4) is 0 Å². The molecule has 102 valence electrons. The first-order chi connectivity index (χ1) is 8.42. The minimum Gasteiger partial charge on any atom is -0.368 e. The summed E-state index contributed by atoms with van der Waals surface area (Å²) >= 11 is 0. The number of amides is 1. The van der Waals surface area contributed by atoms with Crippen molar-refractivity contribution in [3.8, 4) is 0 Å². The van der Waals surface area contributed by atoms with E-state index in [1.807, 2.05) is 0 Å². The van der Waals surface area contributed by atoms with Gasteiger partial charge in [-0.1, -0.05) is 5.11 Å². The second-order valence-electron chi connectivity index (χ2n) is 4.33. The number of nitrogens with two attached hydrogens (primary N) is 1. The minimum absolute atomic E-state index is 0.0285. The molecule has 0 spiro atoms. The lowest BCUT2D eigenvalue weighted by molar-refractivity contribution is -0.124. The molecule has 0 aliphatic carbocycles. The van der Waals surface area contributed by atoms with E-state index in [-0.39, 0.29) is 24.3 Å². The molecule has 1 saturated heterocycles. The molecule has 1 aliphatic heterocycles. The van der Waals surface area contributed by atoms with Crippen LogP contribution in [-0.4, -0.2) is 44.5 Å². The molecule has 0 aromatic heterocycles. The number of azide groups is 1. The summed E-state index contributed by atoms with van der Waals surface area (Å²) in [4.78, 5) is 14.1. The number of primary amides is 1. The molecule has 9 heteroatoms. The molecule has 0 aromatic carbocycles. The average molecular weight is 275 g/mol. The SMILES string of the molecule is [N-]=[N+]=NCCCNC1(C(N)=O)CCS(=O)(=O)CC1. The number of nitrogens with zero attached hydrogens (tertiary/aromatic N) is 3. The molecule has 0 atom stereocenters. The van der Waals surface area contributed by atoms with E-state index in [4.69, 9.17) is 11.3 Å². The highest BCUT2D eigenvalue weighted by atomic mass is 32.2. The van der Waals surface area contributed by atoms with Gasteiger partial charge < -0.3 is 11.1 Å². The molecule has 0 bridgehead atoms. The van der Waals surface area contributed by atoms with Crippen molar-refractivity contribution in [2.45, 2.75) is 24.8 Å². The van der Waals surface area contributed by atoms with E-state index >= 15 is 0 Å². The Kier molecular flexibility index (Phi) is 4.94. The zero-order valence-corrected chi connectivity index (χ0v) is 10.8. The highest BCUT2D eigenvalue weighted by Crippen LogP contribution is 2.23. The maximum absolute atomic E-state index is 11.5. The number of nitrogens with one attached hydrogen (secondary N) is 1. The Hall–Kier alpha value is -1.31. The fourth-order valence-electron chi connectivity index (χ4n) is 1.92. The van der Waals surface area contributed by atoms with Crippen molar-refractivity contribution in [3.63, 3.8) is 0 Å². The molecule has 0 aromatic rings. The van der Waals surface area contributed by atoms with Crippen molar-refractivity contribution >= 4 is 15.7 Å². The summed E-state index contributed by atoms with van der Waals surface area (Å²) < 4.78 is 22.7. The van der Waals surface area contributed by atoms with Gasteiger partial charge in [0.15, 0.2) is 0 Å². The Morgan fingerprint density at radius 1 is 1.44 bits per heavy atom. The number of hydrogen-bond donors (Lipinski definition) is 2. The normalized spacial score (nSPS) is 20.9. The largest absolute Gasteiger partial charge is 0.368 e. The first kappa shape index (κ1) is 14.7. The summed E-state index contributed by atoms with van der Waals surface area (Å²) in [6, 6.07) is 0. The molecule has 1 fully saturated rings. The van der Waals surface area contributed by atoms with Crippen molar-refractivity contribution < 1.29 is 13.2 Å². The maximum atomic E-state index is 11.5. The van der Waals surface area contributed by atoms with Gasteiger partial charge in [0.25, 0.3) is 0 Å². The molecule has 1 aliphatic rings. The molecule has 3 N–H and O–H groups in total. The first-order valence-electron chi connectivity index (χ1n) is 5.68. The van der Waals surface area contributed by atoms with E-state index < -0.39 is 21.3 Å². The Labute approximate surface area is 105 Å². The Morgan fingerprint density at radius 3 is 2.56 bits per heavy atom. The van der Waals surface area contributed by atoms with Crippen LogP contribution in [0.4, 0.5) is 0 Å². The van der Waals surface area contributed by atoms with Crippen LogP contribution >= 0.6 is 0 Å². The third-order valence-corrected chi connectivity index (χ3v) is 4.77. The predicted molar refractivity (Wildman–Crippen MR) is 66.4 cm³/mol. The van der Waals surface area contributed by atoms with E-state index in [1.54, 1.807) is 0 Å². The standard InChI is InChI=1S/C9H17N5O3S/c10-8(15)9(12-4-1-5-13-14-11)2-6-18(16,17)7-3-9/h12H,1-7H2,(H2,10,15). The van der Waals surface area contributed by atoms with Gasteiger partial charge in [-0.15, -0.1) is 0 Å². The van der Waals surface area contributed by atoms with Crippen LogP contribution in [0.5, 0.6) is 0 Å². The van der Waals surface area contributed by atoms with Gasteiger partial charge in [0.05, 0.1) is 17.0 Å². The fraction of sp³-hybridized carbons (Fsp3) is 0.889. The highest BCUT2D eigenvalue weighted by Gasteiger charge is 2.41. The second-order valence-corrected chi connectivity index (χ2v) is 6.64. The lowest BCUT2D eigenvalue weighted by Gasteiger charge is -2.35. The molecule has 0 saturated carbocycles. The van der Waals surface area contributed by atoms with Gasteiger partial charge in [-0.2, -0.15) is 0 Å². The van der Waals surface area contributed by atoms with Gasteiger partial charge in [0, 0.05) is 11.5 Å². The van der Waals surface area contributed by atoms with Crippen LogP contribution in [0.2, 0.25) is 0 Å². The summed E-state index contributed by atoms with van der Waals surface area (Å²) in [7, 11) is -3.04. The van der Waals surface area contributed by atoms with E-state index in [1.165, 1.54) is 0 Å². The summed E-state index contributed by atoms with van der Waals surface area (Å²) in [6.07, 6.45) is 0.976. The zero-order chi connectivity index (χ0) is 13.6. The third-order valence-electron chi connectivity index (χ3n) is 3.11. The summed E-state index contributed by atoms with van der Waals surface area (Å²) in [6.45, 7) is 0.790. The summed E-state index contributed by atoms with van der Waals surface area (Å²) in [5, 5.41) is 6.38. The second kappa shape index (κ2) is 6.03. The van der Waals surface area contributed by atoms with Gasteiger partial charge in [0.2, 0.25) is 5.91 Å². The van der Waals surface area contributed by atoms with Gasteiger partial charge in [0.1, 0.15) is 9.84 Å². The lowest BCUT2D eigenvalue weighted by Crippen LogP contribution is -2.59. The number of hydrogen-bond acceptors (Lipinski definition) is 5. The summed E-state index contributed by atoms with van der Waals surface area (Å²) in [5.74, 6) is -0.584. The van der Waals surface area contributed by atoms with E-state index in [0.29, 0.717) is 19.5 Å². The Morgan fingerprint density at radius 2 is 2.06 bits per heavy atom. The van der Waals surface area contributed by atoms with Crippen molar-refractivity contribution in [2.75, 3.05) is 24.6 Å². The lowest BCUT2D eigenvalue weighted by atomic mass is 9.91. The van der Waals surface area contributed by atoms with E-state index in [0.717, 1.165) is 0 Å². The molecule has 0 unspecified atom stereocenters. The van der Waals surface area contributed by atoms with E-state index in [9.17, 15) is 13.2 Å². The van der Waals surface area contributed by atoms with Crippen LogP contribution in [0.15, 0.2) is 5.11 Å². The molecule has 18 heavy (non-hydrogen) atoms. The fourth-order valence-corrected chi connectivity index (χ4v) is 3.44. The van der Waals surface area contributed by atoms with Crippen LogP contribution in [0, 0.1) is 0 Å². The molecular formula is C9H17N5O3S. The molecular weight excluding hydrogens is 258 g/mol. The van der Waals surface area contributed by atoms with Crippen molar-refractivity contribution in [1.82, 2.24) is 5.32 Å². The smallest absolute Gasteiger partial charge is 0.237 e. The number of carbonyl (C=O) groups is 1. The van der Waals surface area contributed by atoms with E-state index in [2.05, 4.69) is 15.3 Å². The summed E-state index contributed by atoms with van der Waals surface area (Å²) in [5.41, 5.74) is 12.5. The van der Waals surface area contributed by atoms with Crippen LogP contribution in [0.1, 0.15) is 19.3 Å². The number of sulfone groups is 1. The molecule has 0 radical (unpaired) electrons. The molecule has 1 amide bonds. The average Bonchev–Trinajstić information content (AvgIpc) is 2.31. The van der Waals surface area contributed by atoms with Gasteiger partial charge in [-0.05, 0) is 31.3 Å². The van der Waals surface area contributed by atoms with Crippen molar-refractivity contribution in [3.05, 3.63) is 10.4 Å². The predicted octanol–water partition coefficient (Wildman–Crippen LogP) is -0.291. The minimum atomic E-state index is -3.04. The Balaban J connectivity index is 2.55. The molecule has 1 rings (SSSR count). The monoisotopic (exact) mass is 275 g/mol. The Bertz CT molecular complexity index is 441. The van der Waals surface area contributed by atoms with Gasteiger partial charge in [-0.3, -0.25) is 4.79 Å². The highest BCUT2D eigenvalue weighted by molar-refractivity contribution is 7.91. The van der Waals surface area contributed by atoms with Crippen LogP contribution < -0.4 is 11.1 Å². The topological polar surface area (TPSA) is 138 Å². The number of rotatable bonds is 6. The zero-order valence-electron chi connectivity index (χ0n) is 10.0. The number of carbonyl (C=O) groups excluding carboxylic acids is 1. The quantitative estimate of drug-likeness (QED) is 0.297. The van der Waals surface area contributed by atoms with Crippen LogP contribution in [0.25, 0.3) is 10.4 Å². The third kappa shape index (κ3) is 3.86. The molecule has 1 heterocycles.